The summed E-state index contributed by atoms with van der Waals surface area (Å²) in [5, 5.41) is 2.68. The minimum atomic E-state index is -2.65. The Balaban J connectivity index is 0.949. The molecular formula is C50H66O5Si. The van der Waals surface area contributed by atoms with Gasteiger partial charge in [-0.2, -0.15) is 0 Å². The lowest BCUT2D eigenvalue weighted by atomic mass is 9.43. The number of hydrogen-bond acceptors (Lipinski definition) is 5. The van der Waals surface area contributed by atoms with E-state index in [2.05, 4.69) is 133 Å². The summed E-state index contributed by atoms with van der Waals surface area (Å²) in [5.74, 6) is 1.96. The number of ether oxygens (including phenoxy) is 3. The lowest BCUT2D eigenvalue weighted by Gasteiger charge is -2.63. The molecule has 6 heteroatoms. The minimum Gasteiger partial charge on any atom is -0.404 e. The number of carbonyl (C=O) groups is 1. The van der Waals surface area contributed by atoms with Crippen LogP contribution in [-0.4, -0.2) is 44.3 Å². The lowest BCUT2D eigenvalue weighted by molar-refractivity contribution is -0.347. The van der Waals surface area contributed by atoms with E-state index in [0.717, 1.165) is 44.1 Å². The number of Topliss-reactive ketones (excluding diaryl/α,β-unsaturated/α-hetero) is 1. The molecule has 300 valence electrons. The highest BCUT2D eigenvalue weighted by atomic mass is 28.4. The zero-order valence-electron chi connectivity index (χ0n) is 35.1. The molecule has 0 radical (unpaired) electrons. The number of ketones is 1. The average molecular weight is 775 g/mol. The lowest BCUT2D eigenvalue weighted by Crippen LogP contribution is -2.68. The SMILES string of the molecule is C[C@H]1[C@H]2CC[C@H]3[C@@H]4CC[C@H]5C[C@@H](O[Si](c6ccccc6)(c6ccccc6)C(C)(C)C)CC[C@]5(C)[C@H]4CC(=O)[C@]23CO[C@]12OC(C)(C)C[C@H]2OCc1ccccc1. The zero-order valence-corrected chi connectivity index (χ0v) is 36.1. The van der Waals surface area contributed by atoms with Crippen molar-refractivity contribution in [3.63, 3.8) is 0 Å². The molecule has 0 unspecified atom stereocenters. The largest absolute Gasteiger partial charge is 0.404 e. The number of carbonyl (C=O) groups excluding carboxylic acids is 1. The smallest absolute Gasteiger partial charge is 0.261 e. The Bertz CT molecular complexity index is 1840. The second-order valence-electron chi connectivity index (χ2n) is 20.8. The number of benzene rings is 3. The van der Waals surface area contributed by atoms with Crippen molar-refractivity contribution in [3.05, 3.63) is 96.6 Å². The molecule has 0 aromatic heterocycles. The van der Waals surface area contributed by atoms with Gasteiger partial charge in [0, 0.05) is 24.9 Å². The van der Waals surface area contributed by atoms with Crippen molar-refractivity contribution in [1.29, 1.82) is 0 Å². The predicted octanol–water partition coefficient (Wildman–Crippen LogP) is 9.90. The van der Waals surface area contributed by atoms with Crippen LogP contribution in [0.5, 0.6) is 0 Å². The summed E-state index contributed by atoms with van der Waals surface area (Å²) in [6.07, 6.45) is 9.48. The normalized spacial score (nSPS) is 39.1. The third kappa shape index (κ3) is 5.93. The van der Waals surface area contributed by atoms with Gasteiger partial charge in [0.05, 0.1) is 24.2 Å². The highest BCUT2D eigenvalue weighted by Gasteiger charge is 2.72. The van der Waals surface area contributed by atoms with E-state index in [-0.39, 0.29) is 40.1 Å². The van der Waals surface area contributed by atoms with Gasteiger partial charge in [-0.25, -0.2) is 0 Å². The van der Waals surface area contributed by atoms with Gasteiger partial charge in [-0.1, -0.05) is 126 Å². The molecule has 9 rings (SSSR count). The van der Waals surface area contributed by atoms with Crippen LogP contribution in [0, 0.1) is 46.3 Å². The van der Waals surface area contributed by atoms with Crippen LogP contribution in [0.3, 0.4) is 0 Å². The first-order valence-electron chi connectivity index (χ1n) is 22.1. The van der Waals surface area contributed by atoms with Crippen molar-refractivity contribution in [3.8, 4) is 0 Å². The Labute approximate surface area is 337 Å². The van der Waals surface area contributed by atoms with Gasteiger partial charge >= 0.3 is 0 Å². The molecular weight excluding hydrogens is 709 g/mol. The predicted molar refractivity (Wildman–Crippen MR) is 225 cm³/mol. The van der Waals surface area contributed by atoms with Gasteiger partial charge < -0.3 is 18.6 Å². The Morgan fingerprint density at radius 2 is 1.41 bits per heavy atom. The molecule has 0 bridgehead atoms. The molecule has 5 nitrogen and oxygen atoms in total. The summed E-state index contributed by atoms with van der Waals surface area (Å²) in [4.78, 5) is 15.1. The molecule has 2 aliphatic heterocycles. The van der Waals surface area contributed by atoms with E-state index in [0.29, 0.717) is 49.1 Å². The topological polar surface area (TPSA) is 54.0 Å². The van der Waals surface area contributed by atoms with Gasteiger partial charge in [0.15, 0.2) is 5.79 Å². The van der Waals surface area contributed by atoms with Crippen LogP contribution in [0.2, 0.25) is 5.04 Å². The molecule has 11 atom stereocenters. The fourth-order valence-corrected chi connectivity index (χ4v) is 18.8. The van der Waals surface area contributed by atoms with Gasteiger partial charge in [0.25, 0.3) is 8.32 Å². The van der Waals surface area contributed by atoms with E-state index in [4.69, 9.17) is 18.6 Å². The van der Waals surface area contributed by atoms with Gasteiger partial charge in [0.1, 0.15) is 11.9 Å². The molecule has 0 amide bonds. The van der Waals surface area contributed by atoms with Crippen LogP contribution in [0.15, 0.2) is 91.0 Å². The van der Waals surface area contributed by atoms with Crippen LogP contribution < -0.4 is 10.4 Å². The third-order valence-electron chi connectivity index (χ3n) is 16.6. The first kappa shape index (κ1) is 38.9. The first-order chi connectivity index (χ1) is 26.7. The van der Waals surface area contributed by atoms with Gasteiger partial charge in [-0.3, -0.25) is 4.79 Å². The highest BCUT2D eigenvalue weighted by molar-refractivity contribution is 6.99. The van der Waals surface area contributed by atoms with E-state index in [9.17, 15) is 0 Å². The summed E-state index contributed by atoms with van der Waals surface area (Å²) >= 11 is 0. The van der Waals surface area contributed by atoms with Crippen LogP contribution in [-0.2, 0) is 30.0 Å². The molecule has 0 N–H and O–H groups in total. The molecule has 4 aliphatic carbocycles. The quantitative estimate of drug-likeness (QED) is 0.224. The monoisotopic (exact) mass is 774 g/mol. The number of rotatable bonds is 7. The molecule has 2 saturated heterocycles. The van der Waals surface area contributed by atoms with Crippen LogP contribution >= 0.6 is 0 Å². The van der Waals surface area contributed by atoms with E-state index < -0.39 is 19.5 Å². The first-order valence-corrected chi connectivity index (χ1v) is 24.0. The summed E-state index contributed by atoms with van der Waals surface area (Å²) in [6.45, 7) is 17.4. The van der Waals surface area contributed by atoms with Gasteiger partial charge in [-0.15, -0.1) is 0 Å². The molecule has 4 saturated carbocycles. The second kappa shape index (κ2) is 14.0. The Hall–Kier alpha value is -2.61. The standard InChI is InChI=1S/C50H66O5Si/c1-34-41-25-26-42-40-24-23-36-29-37(54-56(46(2,3)4,38-19-13-9-14-20-38)39-21-15-10-16-22-39)27-28-48(36,7)43(40)30-44(51)49(41,42)33-53-50(34)45(31-47(5,6)55-50)52-32-35-17-11-8-12-18-35/h8-22,34,36-37,40-43,45H,23-33H2,1-7H3/t34-,36-,37-,40-,41+,42-,43-,45+,48-,49+,50-/m0/s1. The van der Waals surface area contributed by atoms with Crippen molar-refractivity contribution in [2.75, 3.05) is 6.61 Å². The third-order valence-corrected chi connectivity index (χ3v) is 21.7. The molecule has 2 heterocycles. The van der Waals surface area contributed by atoms with Crippen LogP contribution in [0.4, 0.5) is 0 Å². The van der Waals surface area contributed by atoms with Gasteiger partial charge in [-0.05, 0) is 115 Å². The van der Waals surface area contributed by atoms with E-state index in [1.54, 1.807) is 0 Å². The van der Waals surface area contributed by atoms with E-state index in [1.807, 2.05) is 6.07 Å². The average Bonchev–Trinajstić information content (AvgIpc) is 3.72. The second-order valence-corrected chi connectivity index (χ2v) is 25.1. The molecule has 3 aromatic rings. The van der Waals surface area contributed by atoms with Crippen molar-refractivity contribution >= 4 is 24.5 Å². The maximum atomic E-state index is 15.1. The fourth-order valence-electron chi connectivity index (χ4n) is 14.1. The van der Waals surface area contributed by atoms with Crippen molar-refractivity contribution in [2.45, 2.75) is 141 Å². The molecule has 56 heavy (non-hydrogen) atoms. The zero-order chi connectivity index (χ0) is 39.1. The molecule has 6 aliphatic rings. The summed E-state index contributed by atoms with van der Waals surface area (Å²) in [5.41, 5.74) is 0.556. The van der Waals surface area contributed by atoms with Gasteiger partial charge in [0.2, 0.25) is 0 Å². The maximum Gasteiger partial charge on any atom is 0.261 e. The molecule has 2 spiro atoms. The summed E-state index contributed by atoms with van der Waals surface area (Å²) in [6, 6.07) is 32.7. The van der Waals surface area contributed by atoms with E-state index in [1.165, 1.54) is 23.2 Å². The Morgan fingerprint density at radius 3 is 2.05 bits per heavy atom. The minimum absolute atomic E-state index is 0.0393. The maximum absolute atomic E-state index is 15.1. The Morgan fingerprint density at radius 1 is 0.786 bits per heavy atom. The van der Waals surface area contributed by atoms with E-state index >= 15 is 4.79 Å². The van der Waals surface area contributed by atoms with Crippen LogP contribution in [0.25, 0.3) is 0 Å². The highest BCUT2D eigenvalue weighted by Crippen LogP contribution is 2.70. The van der Waals surface area contributed by atoms with Crippen LogP contribution in [0.1, 0.15) is 112 Å². The van der Waals surface area contributed by atoms with Crippen molar-refractivity contribution in [1.82, 2.24) is 0 Å². The summed E-state index contributed by atoms with van der Waals surface area (Å²) in [7, 11) is -2.65. The summed E-state index contributed by atoms with van der Waals surface area (Å²) < 4.78 is 28.6. The molecule has 6 fully saturated rings. The van der Waals surface area contributed by atoms with Crippen molar-refractivity contribution < 1.29 is 23.4 Å². The van der Waals surface area contributed by atoms with Crippen molar-refractivity contribution in [2.24, 2.45) is 46.3 Å². The fraction of sp³-hybridized carbons (Fsp3) is 0.620. The Kier molecular flexibility index (Phi) is 9.72. The number of fused-ring (bicyclic) bond motifs is 4. The number of hydrogen-bond donors (Lipinski definition) is 0. The molecule has 3 aromatic carbocycles.